The summed E-state index contributed by atoms with van der Waals surface area (Å²) < 4.78 is 5.55. The Balaban J connectivity index is 1.92. The fraction of sp³-hybridized carbons (Fsp3) is 0.588. The zero-order chi connectivity index (χ0) is 15.3. The maximum Gasteiger partial charge on any atom is 0.244 e. The smallest absolute Gasteiger partial charge is 0.244 e. The summed E-state index contributed by atoms with van der Waals surface area (Å²) in [6.07, 6.45) is 5.02. The van der Waals surface area contributed by atoms with Crippen LogP contribution in [0.3, 0.4) is 0 Å². The van der Waals surface area contributed by atoms with Crippen LogP contribution in [0.25, 0.3) is 0 Å². The first-order valence-electron chi connectivity index (χ1n) is 7.80. The second-order valence-electron chi connectivity index (χ2n) is 6.23. The zero-order valence-electron chi connectivity index (χ0n) is 13.0. The number of carbonyl (C=O) groups is 1. The van der Waals surface area contributed by atoms with Crippen molar-refractivity contribution in [2.75, 3.05) is 5.32 Å². The molecule has 1 aromatic rings. The number of amides is 1. The first-order valence-corrected chi connectivity index (χ1v) is 7.80. The summed E-state index contributed by atoms with van der Waals surface area (Å²) in [6.45, 7) is 4.62. The van der Waals surface area contributed by atoms with Crippen LogP contribution in [-0.4, -0.2) is 17.6 Å². The molecule has 0 bridgehead atoms. The summed E-state index contributed by atoms with van der Waals surface area (Å²) in [5, 5.41) is 2.94. The summed E-state index contributed by atoms with van der Waals surface area (Å²) in [5.41, 5.74) is 7.43. The van der Waals surface area contributed by atoms with Crippen LogP contribution in [0.1, 0.15) is 51.5 Å². The van der Waals surface area contributed by atoms with E-state index in [2.05, 4.69) is 5.32 Å². The first kappa shape index (κ1) is 16.0. The Morgan fingerprint density at radius 3 is 2.43 bits per heavy atom. The van der Waals surface area contributed by atoms with Gasteiger partial charge in [0, 0.05) is 5.69 Å². The van der Waals surface area contributed by atoms with Crippen LogP contribution < -0.4 is 11.1 Å². The standard InChI is InChI=1S/C17H26N2O2/c1-13(2)21-12-14-6-8-15(9-7-14)19-16(20)17(18)10-4-3-5-11-17/h6-9,13H,3-5,10-12,18H2,1-2H3,(H,19,20). The summed E-state index contributed by atoms with van der Waals surface area (Å²) in [4.78, 5) is 12.3. The second kappa shape index (κ2) is 7.05. The van der Waals surface area contributed by atoms with Crippen LogP contribution in [0.15, 0.2) is 24.3 Å². The van der Waals surface area contributed by atoms with E-state index in [9.17, 15) is 4.79 Å². The van der Waals surface area contributed by atoms with Crippen molar-refractivity contribution in [1.29, 1.82) is 0 Å². The second-order valence-corrected chi connectivity index (χ2v) is 6.23. The molecule has 4 nitrogen and oxygen atoms in total. The minimum atomic E-state index is -0.697. The average Bonchev–Trinajstić information content (AvgIpc) is 2.47. The molecule has 0 aromatic heterocycles. The van der Waals surface area contributed by atoms with Crippen LogP contribution in [0, 0.1) is 0 Å². The van der Waals surface area contributed by atoms with Gasteiger partial charge in [-0.3, -0.25) is 4.79 Å². The molecule has 21 heavy (non-hydrogen) atoms. The molecule has 2 rings (SSSR count). The third kappa shape index (κ3) is 4.55. The number of nitrogens with two attached hydrogens (primary N) is 1. The molecular formula is C17H26N2O2. The molecule has 0 unspecified atom stereocenters. The number of ether oxygens (including phenoxy) is 1. The van der Waals surface area contributed by atoms with Crippen LogP contribution in [0.5, 0.6) is 0 Å². The van der Waals surface area contributed by atoms with Crippen molar-refractivity contribution in [1.82, 2.24) is 0 Å². The molecular weight excluding hydrogens is 264 g/mol. The van der Waals surface area contributed by atoms with E-state index in [1.54, 1.807) is 0 Å². The van der Waals surface area contributed by atoms with Crippen molar-refractivity contribution in [3.63, 3.8) is 0 Å². The normalized spacial score (nSPS) is 17.7. The van der Waals surface area contributed by atoms with Gasteiger partial charge in [0.2, 0.25) is 5.91 Å². The summed E-state index contributed by atoms with van der Waals surface area (Å²) in [5.74, 6) is -0.0617. The zero-order valence-corrected chi connectivity index (χ0v) is 13.0. The Labute approximate surface area is 127 Å². The third-order valence-corrected chi connectivity index (χ3v) is 3.99. The summed E-state index contributed by atoms with van der Waals surface area (Å²) in [6, 6.07) is 7.76. The predicted molar refractivity (Wildman–Crippen MR) is 85.0 cm³/mol. The highest BCUT2D eigenvalue weighted by Gasteiger charge is 2.35. The van der Waals surface area contributed by atoms with Gasteiger partial charge in [0.05, 0.1) is 18.2 Å². The highest BCUT2D eigenvalue weighted by atomic mass is 16.5. The molecule has 1 fully saturated rings. The lowest BCUT2D eigenvalue weighted by molar-refractivity contribution is -0.122. The van der Waals surface area contributed by atoms with Crippen molar-refractivity contribution in [2.45, 2.75) is 64.2 Å². The fourth-order valence-electron chi connectivity index (χ4n) is 2.61. The van der Waals surface area contributed by atoms with E-state index in [1.165, 1.54) is 6.42 Å². The van der Waals surface area contributed by atoms with Gasteiger partial charge < -0.3 is 15.8 Å². The van der Waals surface area contributed by atoms with E-state index in [4.69, 9.17) is 10.5 Å². The van der Waals surface area contributed by atoms with Gasteiger partial charge in [0.1, 0.15) is 0 Å². The van der Waals surface area contributed by atoms with Gasteiger partial charge in [-0.25, -0.2) is 0 Å². The molecule has 0 radical (unpaired) electrons. The molecule has 0 saturated heterocycles. The molecule has 4 heteroatoms. The van der Waals surface area contributed by atoms with E-state index in [-0.39, 0.29) is 12.0 Å². The highest BCUT2D eigenvalue weighted by Crippen LogP contribution is 2.27. The average molecular weight is 290 g/mol. The van der Waals surface area contributed by atoms with Crippen molar-refractivity contribution in [3.8, 4) is 0 Å². The number of hydrogen-bond donors (Lipinski definition) is 2. The molecule has 116 valence electrons. The van der Waals surface area contributed by atoms with Gasteiger partial charge in [0.25, 0.3) is 0 Å². The van der Waals surface area contributed by atoms with Crippen molar-refractivity contribution in [3.05, 3.63) is 29.8 Å². The fourth-order valence-corrected chi connectivity index (χ4v) is 2.61. The van der Waals surface area contributed by atoms with Gasteiger partial charge in [-0.1, -0.05) is 31.4 Å². The lowest BCUT2D eigenvalue weighted by Gasteiger charge is -2.31. The number of benzene rings is 1. The maximum atomic E-state index is 12.3. The molecule has 0 aliphatic heterocycles. The number of nitrogens with one attached hydrogen (secondary N) is 1. The molecule has 1 aliphatic carbocycles. The first-order chi connectivity index (χ1) is 9.99. The number of hydrogen-bond acceptors (Lipinski definition) is 3. The summed E-state index contributed by atoms with van der Waals surface area (Å²) >= 11 is 0. The van der Waals surface area contributed by atoms with Crippen molar-refractivity contribution < 1.29 is 9.53 Å². The molecule has 0 heterocycles. The predicted octanol–water partition coefficient (Wildman–Crippen LogP) is 3.21. The Hall–Kier alpha value is -1.39. The van der Waals surface area contributed by atoms with Gasteiger partial charge in [-0.2, -0.15) is 0 Å². The van der Waals surface area contributed by atoms with E-state index in [0.29, 0.717) is 6.61 Å². The molecule has 0 atom stereocenters. The monoisotopic (exact) mass is 290 g/mol. The lowest BCUT2D eigenvalue weighted by atomic mass is 9.82. The molecule has 0 spiro atoms. The maximum absolute atomic E-state index is 12.3. The topological polar surface area (TPSA) is 64.3 Å². The van der Waals surface area contributed by atoms with Gasteiger partial charge in [-0.15, -0.1) is 0 Å². The lowest BCUT2D eigenvalue weighted by Crippen LogP contribution is -2.52. The Morgan fingerprint density at radius 1 is 1.24 bits per heavy atom. The number of rotatable bonds is 5. The largest absolute Gasteiger partial charge is 0.374 e. The molecule has 1 amide bonds. The van der Waals surface area contributed by atoms with E-state index in [0.717, 1.165) is 36.9 Å². The van der Waals surface area contributed by atoms with Gasteiger partial charge in [0.15, 0.2) is 0 Å². The molecule has 3 N–H and O–H groups in total. The molecule has 1 aromatic carbocycles. The van der Waals surface area contributed by atoms with Crippen molar-refractivity contribution in [2.24, 2.45) is 5.73 Å². The highest BCUT2D eigenvalue weighted by molar-refractivity contribution is 5.98. The van der Waals surface area contributed by atoms with Gasteiger partial charge in [-0.05, 0) is 44.4 Å². The van der Waals surface area contributed by atoms with Crippen molar-refractivity contribution >= 4 is 11.6 Å². The third-order valence-electron chi connectivity index (χ3n) is 3.99. The van der Waals surface area contributed by atoms with Crippen LogP contribution in [0.2, 0.25) is 0 Å². The van der Waals surface area contributed by atoms with E-state index in [1.807, 2.05) is 38.1 Å². The summed E-state index contributed by atoms with van der Waals surface area (Å²) in [7, 11) is 0. The minimum absolute atomic E-state index is 0.0617. The van der Waals surface area contributed by atoms with Gasteiger partial charge >= 0.3 is 0 Å². The van der Waals surface area contributed by atoms with Crippen LogP contribution in [-0.2, 0) is 16.1 Å². The minimum Gasteiger partial charge on any atom is -0.374 e. The van der Waals surface area contributed by atoms with Crippen LogP contribution >= 0.6 is 0 Å². The Kier molecular flexibility index (Phi) is 5.37. The number of anilines is 1. The SMILES string of the molecule is CC(C)OCc1ccc(NC(=O)C2(N)CCCCC2)cc1. The Bertz CT molecular complexity index is 462. The molecule has 1 aliphatic rings. The van der Waals surface area contributed by atoms with E-state index < -0.39 is 5.54 Å². The van der Waals surface area contributed by atoms with Crippen LogP contribution in [0.4, 0.5) is 5.69 Å². The quantitative estimate of drug-likeness (QED) is 0.875. The molecule has 1 saturated carbocycles. The van der Waals surface area contributed by atoms with E-state index >= 15 is 0 Å². The Morgan fingerprint density at radius 2 is 1.86 bits per heavy atom. The number of carbonyl (C=O) groups excluding carboxylic acids is 1.